The molecular weight excluding hydrogens is 286 g/mol. The van der Waals surface area contributed by atoms with Crippen molar-refractivity contribution in [3.05, 3.63) is 28.8 Å². The maximum Gasteiger partial charge on any atom is 0.340 e. The molecule has 1 saturated carbocycles. The van der Waals surface area contributed by atoms with Crippen LogP contribution in [0, 0.1) is 11.8 Å². The molecule has 4 heteroatoms. The first-order valence-corrected chi connectivity index (χ1v) is 8.03. The van der Waals surface area contributed by atoms with Crippen LogP contribution in [0.3, 0.4) is 0 Å². The van der Waals surface area contributed by atoms with Gasteiger partial charge in [-0.05, 0) is 55.7 Å². The Morgan fingerprint density at radius 3 is 2.52 bits per heavy atom. The van der Waals surface area contributed by atoms with Crippen molar-refractivity contribution in [1.29, 1.82) is 0 Å². The van der Waals surface area contributed by atoms with Gasteiger partial charge >= 0.3 is 5.97 Å². The van der Waals surface area contributed by atoms with E-state index < -0.39 is 0 Å². The van der Waals surface area contributed by atoms with E-state index in [0.29, 0.717) is 16.6 Å². The van der Waals surface area contributed by atoms with Gasteiger partial charge in [0.1, 0.15) is 0 Å². The number of carbonyl (C=O) groups excluding carboxylic acids is 1. The Balaban J connectivity index is 2.05. The third-order valence-electron chi connectivity index (χ3n) is 4.46. The minimum atomic E-state index is -0.351. The van der Waals surface area contributed by atoms with Crippen LogP contribution in [-0.2, 0) is 4.74 Å². The van der Waals surface area contributed by atoms with Crippen molar-refractivity contribution in [3.8, 4) is 0 Å². The lowest BCUT2D eigenvalue weighted by atomic mass is 9.79. The van der Waals surface area contributed by atoms with Gasteiger partial charge in [0.2, 0.25) is 0 Å². The Labute approximate surface area is 132 Å². The van der Waals surface area contributed by atoms with Crippen LogP contribution in [0.15, 0.2) is 18.2 Å². The lowest BCUT2D eigenvalue weighted by molar-refractivity contribution is 0.0601. The molecule has 0 atom stereocenters. The Morgan fingerprint density at radius 1 is 1.29 bits per heavy atom. The number of rotatable bonds is 4. The topological polar surface area (TPSA) is 38.3 Å². The number of nitrogens with one attached hydrogen (secondary N) is 1. The highest BCUT2D eigenvalue weighted by atomic mass is 35.5. The molecule has 0 heterocycles. The van der Waals surface area contributed by atoms with Gasteiger partial charge < -0.3 is 10.1 Å². The smallest absolute Gasteiger partial charge is 0.340 e. The fourth-order valence-electron chi connectivity index (χ4n) is 3.07. The van der Waals surface area contributed by atoms with Crippen LogP contribution in [-0.4, -0.2) is 19.1 Å². The van der Waals surface area contributed by atoms with E-state index in [-0.39, 0.29) is 5.97 Å². The first-order chi connectivity index (χ1) is 10.0. The Bertz CT molecular complexity index is 494. The highest BCUT2D eigenvalue weighted by Gasteiger charge is 2.24. The van der Waals surface area contributed by atoms with E-state index in [1.165, 1.54) is 20.0 Å². The monoisotopic (exact) mass is 309 g/mol. The average molecular weight is 310 g/mol. The van der Waals surface area contributed by atoms with E-state index in [2.05, 4.69) is 19.2 Å². The summed E-state index contributed by atoms with van der Waals surface area (Å²) in [6, 6.07) is 5.75. The van der Waals surface area contributed by atoms with Gasteiger partial charge in [-0.15, -0.1) is 0 Å². The first kappa shape index (κ1) is 16.2. The van der Waals surface area contributed by atoms with Gasteiger partial charge in [0.25, 0.3) is 0 Å². The quantitative estimate of drug-likeness (QED) is 0.815. The second kappa shape index (κ2) is 7.17. The predicted octanol–water partition coefficient (Wildman–Crippen LogP) is 4.75. The standard InChI is InChI=1S/C17H24ClNO2/c1-11(2)12-4-7-14(8-5-12)19-16-9-6-13(18)10-15(16)17(20)21-3/h6,9-12,14,19H,4-5,7-8H2,1-3H3. The molecule has 1 N–H and O–H groups in total. The fourth-order valence-corrected chi connectivity index (χ4v) is 3.24. The van der Waals surface area contributed by atoms with Gasteiger partial charge in [0, 0.05) is 16.8 Å². The minimum absolute atomic E-state index is 0.351. The number of carbonyl (C=O) groups is 1. The van der Waals surface area contributed by atoms with Crippen LogP contribution in [0.1, 0.15) is 49.9 Å². The van der Waals surface area contributed by atoms with Crippen LogP contribution in [0.25, 0.3) is 0 Å². The number of hydrogen-bond donors (Lipinski definition) is 1. The number of esters is 1. The van der Waals surface area contributed by atoms with Gasteiger partial charge in [-0.25, -0.2) is 4.79 Å². The molecule has 1 aromatic rings. The number of methoxy groups -OCH3 is 1. The molecule has 1 aliphatic rings. The molecule has 1 aliphatic carbocycles. The molecule has 3 nitrogen and oxygen atoms in total. The summed E-state index contributed by atoms with van der Waals surface area (Å²) in [4.78, 5) is 11.8. The van der Waals surface area contributed by atoms with Crippen LogP contribution in [0.2, 0.25) is 5.02 Å². The maximum absolute atomic E-state index is 11.8. The van der Waals surface area contributed by atoms with E-state index in [1.807, 2.05) is 6.07 Å². The first-order valence-electron chi connectivity index (χ1n) is 7.65. The van der Waals surface area contributed by atoms with E-state index in [9.17, 15) is 4.79 Å². The average Bonchev–Trinajstić information content (AvgIpc) is 2.48. The Kier molecular flexibility index (Phi) is 5.51. The van der Waals surface area contributed by atoms with Crippen LogP contribution in [0.5, 0.6) is 0 Å². The van der Waals surface area contributed by atoms with E-state index in [4.69, 9.17) is 16.3 Å². The van der Waals surface area contributed by atoms with Gasteiger partial charge in [0.05, 0.1) is 12.7 Å². The zero-order valence-corrected chi connectivity index (χ0v) is 13.7. The van der Waals surface area contributed by atoms with Gasteiger partial charge in [0.15, 0.2) is 0 Å². The summed E-state index contributed by atoms with van der Waals surface area (Å²) < 4.78 is 4.83. The lowest BCUT2D eigenvalue weighted by Gasteiger charge is -2.32. The van der Waals surface area contributed by atoms with E-state index >= 15 is 0 Å². The van der Waals surface area contributed by atoms with E-state index in [0.717, 1.165) is 30.4 Å². The van der Waals surface area contributed by atoms with Crippen molar-refractivity contribution >= 4 is 23.3 Å². The molecular formula is C17H24ClNO2. The van der Waals surface area contributed by atoms with Crippen LogP contribution in [0.4, 0.5) is 5.69 Å². The third-order valence-corrected chi connectivity index (χ3v) is 4.70. The molecule has 1 fully saturated rings. The van der Waals surface area contributed by atoms with Gasteiger partial charge in [-0.2, -0.15) is 0 Å². The zero-order chi connectivity index (χ0) is 15.4. The highest BCUT2D eigenvalue weighted by molar-refractivity contribution is 6.31. The second-order valence-electron chi connectivity index (χ2n) is 6.18. The molecule has 0 aliphatic heterocycles. The van der Waals surface area contributed by atoms with Crippen molar-refractivity contribution < 1.29 is 9.53 Å². The van der Waals surface area contributed by atoms with Crippen molar-refractivity contribution in [2.45, 2.75) is 45.6 Å². The molecule has 21 heavy (non-hydrogen) atoms. The molecule has 0 amide bonds. The van der Waals surface area contributed by atoms with E-state index in [1.54, 1.807) is 12.1 Å². The zero-order valence-electron chi connectivity index (χ0n) is 13.0. The highest BCUT2D eigenvalue weighted by Crippen LogP contribution is 2.32. The predicted molar refractivity (Wildman–Crippen MR) is 87.0 cm³/mol. The summed E-state index contributed by atoms with van der Waals surface area (Å²) in [7, 11) is 1.39. The third kappa shape index (κ3) is 4.13. The van der Waals surface area contributed by atoms with Crippen molar-refractivity contribution in [3.63, 3.8) is 0 Å². The van der Waals surface area contributed by atoms with Gasteiger partial charge in [-0.3, -0.25) is 0 Å². The van der Waals surface area contributed by atoms with Crippen molar-refractivity contribution in [1.82, 2.24) is 0 Å². The summed E-state index contributed by atoms with van der Waals surface area (Å²) in [5, 5.41) is 4.04. The molecule has 0 radical (unpaired) electrons. The molecule has 0 saturated heterocycles. The summed E-state index contributed by atoms with van der Waals surface area (Å²) in [5.41, 5.74) is 1.33. The van der Waals surface area contributed by atoms with Crippen molar-refractivity contribution in [2.24, 2.45) is 11.8 Å². The number of ether oxygens (including phenoxy) is 1. The van der Waals surface area contributed by atoms with Gasteiger partial charge in [-0.1, -0.05) is 25.4 Å². The number of anilines is 1. The Hall–Kier alpha value is -1.22. The molecule has 0 aromatic heterocycles. The molecule has 0 unspecified atom stereocenters. The summed E-state index contributed by atoms with van der Waals surface area (Å²) in [6.07, 6.45) is 4.78. The minimum Gasteiger partial charge on any atom is -0.465 e. The molecule has 0 bridgehead atoms. The van der Waals surface area contributed by atoms with Crippen LogP contribution >= 0.6 is 11.6 Å². The van der Waals surface area contributed by atoms with Crippen LogP contribution < -0.4 is 5.32 Å². The number of halogens is 1. The molecule has 1 aromatic carbocycles. The largest absolute Gasteiger partial charge is 0.465 e. The summed E-state index contributed by atoms with van der Waals surface area (Å²) >= 11 is 5.98. The maximum atomic E-state index is 11.8. The lowest BCUT2D eigenvalue weighted by Crippen LogP contribution is -2.28. The number of hydrogen-bond acceptors (Lipinski definition) is 3. The SMILES string of the molecule is COC(=O)c1cc(Cl)ccc1NC1CCC(C(C)C)CC1. The Morgan fingerprint density at radius 2 is 1.95 bits per heavy atom. The molecule has 2 rings (SSSR count). The fraction of sp³-hybridized carbons (Fsp3) is 0.588. The normalized spacial score (nSPS) is 22.1. The summed E-state index contributed by atoms with van der Waals surface area (Å²) in [5.74, 6) is 1.23. The molecule has 116 valence electrons. The number of benzene rings is 1. The second-order valence-corrected chi connectivity index (χ2v) is 6.62. The van der Waals surface area contributed by atoms with Crippen molar-refractivity contribution in [2.75, 3.05) is 12.4 Å². The molecule has 0 spiro atoms. The summed E-state index contributed by atoms with van der Waals surface area (Å²) in [6.45, 7) is 4.60.